The van der Waals surface area contributed by atoms with Crippen molar-refractivity contribution in [2.24, 2.45) is 11.7 Å². The molecule has 4 nitrogen and oxygen atoms in total. The van der Waals surface area contributed by atoms with Gasteiger partial charge in [0, 0.05) is 6.54 Å². The first-order valence-electron chi connectivity index (χ1n) is 5.28. The highest BCUT2D eigenvalue weighted by atomic mass is 15.3. The summed E-state index contributed by atoms with van der Waals surface area (Å²) >= 11 is 0. The second-order valence-corrected chi connectivity index (χ2v) is 4.01. The summed E-state index contributed by atoms with van der Waals surface area (Å²) in [5.41, 5.74) is 5.68. The smallest absolute Gasteiger partial charge is 0.166 e. The van der Waals surface area contributed by atoms with Crippen molar-refractivity contribution >= 4 is 0 Å². The van der Waals surface area contributed by atoms with E-state index in [0.29, 0.717) is 5.92 Å². The van der Waals surface area contributed by atoms with E-state index in [0.717, 1.165) is 12.4 Å². The van der Waals surface area contributed by atoms with Crippen molar-refractivity contribution in [3.05, 3.63) is 12.2 Å². The fraction of sp³-hybridized carbons (Fsp3) is 0.800. The Morgan fingerprint density at radius 1 is 1.50 bits per heavy atom. The molecule has 80 valence electrons. The van der Waals surface area contributed by atoms with Gasteiger partial charge in [0.1, 0.15) is 6.33 Å². The fourth-order valence-electron chi connectivity index (χ4n) is 1.51. The lowest BCUT2D eigenvalue weighted by Gasteiger charge is -2.08. The van der Waals surface area contributed by atoms with E-state index < -0.39 is 0 Å². The van der Waals surface area contributed by atoms with Crippen molar-refractivity contribution in [3.63, 3.8) is 0 Å². The van der Waals surface area contributed by atoms with Crippen molar-refractivity contribution in [2.45, 2.75) is 46.2 Å². The van der Waals surface area contributed by atoms with Gasteiger partial charge in [-0.1, -0.05) is 20.3 Å². The minimum Gasteiger partial charge on any atom is -0.321 e. The van der Waals surface area contributed by atoms with Crippen LogP contribution in [0.3, 0.4) is 0 Å². The Labute approximate surface area is 85.5 Å². The summed E-state index contributed by atoms with van der Waals surface area (Å²) in [5.74, 6) is 1.39. The molecule has 1 heterocycles. The maximum atomic E-state index is 5.68. The summed E-state index contributed by atoms with van der Waals surface area (Å²) in [5, 5.41) is 4.31. The monoisotopic (exact) mass is 196 g/mol. The van der Waals surface area contributed by atoms with Crippen LogP contribution in [0.2, 0.25) is 0 Å². The van der Waals surface area contributed by atoms with Gasteiger partial charge in [-0.2, -0.15) is 5.10 Å². The third kappa shape index (κ3) is 3.10. The molecule has 2 atom stereocenters. The third-order valence-electron chi connectivity index (χ3n) is 2.24. The molecule has 0 aliphatic heterocycles. The van der Waals surface area contributed by atoms with E-state index in [-0.39, 0.29) is 6.04 Å². The Morgan fingerprint density at radius 3 is 2.71 bits per heavy atom. The molecule has 2 unspecified atom stereocenters. The van der Waals surface area contributed by atoms with Gasteiger partial charge in [0.05, 0.1) is 6.04 Å². The molecule has 2 N–H and O–H groups in total. The third-order valence-corrected chi connectivity index (χ3v) is 2.24. The molecule has 0 aromatic carbocycles. The van der Waals surface area contributed by atoms with Crippen molar-refractivity contribution in [1.82, 2.24) is 14.8 Å². The fourth-order valence-corrected chi connectivity index (χ4v) is 1.51. The molecule has 0 saturated carbocycles. The van der Waals surface area contributed by atoms with E-state index in [1.165, 1.54) is 12.8 Å². The van der Waals surface area contributed by atoms with Crippen LogP contribution in [0.1, 0.15) is 45.5 Å². The summed E-state index contributed by atoms with van der Waals surface area (Å²) < 4.78 is 1.89. The lowest BCUT2D eigenvalue weighted by atomic mass is 10.1. The number of nitrogens with two attached hydrogens (primary N) is 1. The lowest BCUT2D eigenvalue weighted by molar-refractivity contribution is 0.417. The van der Waals surface area contributed by atoms with Crippen LogP contribution in [0.25, 0.3) is 0 Å². The Kier molecular flexibility index (Phi) is 4.07. The zero-order valence-corrected chi connectivity index (χ0v) is 9.27. The zero-order chi connectivity index (χ0) is 10.6. The van der Waals surface area contributed by atoms with Crippen molar-refractivity contribution in [2.75, 3.05) is 0 Å². The maximum Gasteiger partial charge on any atom is 0.166 e. The average Bonchev–Trinajstić information content (AvgIpc) is 2.53. The molecule has 14 heavy (non-hydrogen) atoms. The van der Waals surface area contributed by atoms with E-state index in [1.807, 2.05) is 11.6 Å². The minimum absolute atomic E-state index is 0.0715. The summed E-state index contributed by atoms with van der Waals surface area (Å²) in [6, 6.07) is -0.0715. The van der Waals surface area contributed by atoms with Crippen LogP contribution >= 0.6 is 0 Å². The molecule has 0 amide bonds. The Morgan fingerprint density at radius 2 is 2.21 bits per heavy atom. The molecule has 1 rings (SSSR count). The Balaban J connectivity index is 2.51. The van der Waals surface area contributed by atoms with Crippen LogP contribution in [-0.4, -0.2) is 14.8 Å². The first-order chi connectivity index (χ1) is 6.63. The highest BCUT2D eigenvalue weighted by molar-refractivity contribution is 4.87. The highest BCUT2D eigenvalue weighted by Gasteiger charge is 2.07. The summed E-state index contributed by atoms with van der Waals surface area (Å²) in [6.45, 7) is 7.27. The topological polar surface area (TPSA) is 56.7 Å². The van der Waals surface area contributed by atoms with Crippen LogP contribution in [0.15, 0.2) is 6.33 Å². The first kappa shape index (κ1) is 11.2. The van der Waals surface area contributed by atoms with Gasteiger partial charge in [-0.3, -0.25) is 4.68 Å². The Hall–Kier alpha value is -0.900. The van der Waals surface area contributed by atoms with E-state index >= 15 is 0 Å². The molecule has 0 bridgehead atoms. The second kappa shape index (κ2) is 5.10. The number of aromatic nitrogens is 3. The molecule has 0 fully saturated rings. The number of hydrogen-bond donors (Lipinski definition) is 1. The SMILES string of the molecule is CCCC(C)Cn1cnc(C(C)N)n1. The molecule has 1 aromatic heterocycles. The number of nitrogens with zero attached hydrogens (tertiary/aromatic N) is 3. The Bertz CT molecular complexity index is 267. The van der Waals surface area contributed by atoms with Crippen LogP contribution in [0.4, 0.5) is 0 Å². The van der Waals surface area contributed by atoms with Crippen molar-refractivity contribution in [1.29, 1.82) is 0 Å². The van der Waals surface area contributed by atoms with Crippen LogP contribution in [0, 0.1) is 5.92 Å². The van der Waals surface area contributed by atoms with E-state index in [9.17, 15) is 0 Å². The van der Waals surface area contributed by atoms with Gasteiger partial charge in [0.15, 0.2) is 5.82 Å². The van der Waals surface area contributed by atoms with E-state index in [2.05, 4.69) is 23.9 Å². The molecule has 4 heteroatoms. The van der Waals surface area contributed by atoms with Crippen LogP contribution in [-0.2, 0) is 6.54 Å². The average molecular weight is 196 g/mol. The van der Waals surface area contributed by atoms with Gasteiger partial charge in [0.25, 0.3) is 0 Å². The van der Waals surface area contributed by atoms with Gasteiger partial charge in [0.2, 0.25) is 0 Å². The molecule has 0 aliphatic rings. The largest absolute Gasteiger partial charge is 0.321 e. The van der Waals surface area contributed by atoms with Gasteiger partial charge in [-0.05, 0) is 19.3 Å². The standard InChI is InChI=1S/C10H20N4/c1-4-5-8(2)6-14-7-12-10(13-14)9(3)11/h7-9H,4-6,11H2,1-3H3. The predicted molar refractivity (Wildman–Crippen MR) is 56.7 cm³/mol. The summed E-state index contributed by atoms with van der Waals surface area (Å²) in [6.07, 6.45) is 4.22. The predicted octanol–water partition coefficient (Wildman–Crippen LogP) is 1.73. The van der Waals surface area contributed by atoms with Gasteiger partial charge >= 0.3 is 0 Å². The van der Waals surface area contributed by atoms with E-state index in [1.54, 1.807) is 6.33 Å². The summed E-state index contributed by atoms with van der Waals surface area (Å²) in [4.78, 5) is 4.16. The molecule has 0 saturated heterocycles. The molecule has 1 aromatic rings. The quantitative estimate of drug-likeness (QED) is 0.780. The lowest BCUT2D eigenvalue weighted by Crippen LogP contribution is -2.11. The van der Waals surface area contributed by atoms with Crippen molar-refractivity contribution in [3.8, 4) is 0 Å². The normalized spacial score (nSPS) is 15.4. The van der Waals surface area contributed by atoms with Crippen molar-refractivity contribution < 1.29 is 0 Å². The van der Waals surface area contributed by atoms with E-state index in [4.69, 9.17) is 5.73 Å². The minimum atomic E-state index is -0.0715. The highest BCUT2D eigenvalue weighted by Crippen LogP contribution is 2.08. The molecule has 0 radical (unpaired) electrons. The van der Waals surface area contributed by atoms with Gasteiger partial charge in [-0.25, -0.2) is 4.98 Å². The van der Waals surface area contributed by atoms with Crippen LogP contribution in [0.5, 0.6) is 0 Å². The number of hydrogen-bond acceptors (Lipinski definition) is 3. The molecule has 0 spiro atoms. The maximum absolute atomic E-state index is 5.68. The first-order valence-corrected chi connectivity index (χ1v) is 5.28. The second-order valence-electron chi connectivity index (χ2n) is 4.01. The molecular formula is C10H20N4. The molecule has 0 aliphatic carbocycles. The zero-order valence-electron chi connectivity index (χ0n) is 9.27. The summed E-state index contributed by atoms with van der Waals surface area (Å²) in [7, 11) is 0. The molecular weight excluding hydrogens is 176 g/mol. The van der Waals surface area contributed by atoms with Crippen LogP contribution < -0.4 is 5.73 Å². The van der Waals surface area contributed by atoms with Gasteiger partial charge < -0.3 is 5.73 Å². The number of rotatable bonds is 5. The van der Waals surface area contributed by atoms with Gasteiger partial charge in [-0.15, -0.1) is 0 Å².